The SMILES string of the molecule is COc1ccccc1C(C)NC(=O)CNc1cc(C(=O)NCC(F)(F)F)cc(F)c1C. The summed E-state index contributed by atoms with van der Waals surface area (Å²) in [5, 5.41) is 7.17. The van der Waals surface area contributed by atoms with Gasteiger partial charge >= 0.3 is 6.18 Å². The predicted molar refractivity (Wildman–Crippen MR) is 108 cm³/mol. The highest BCUT2D eigenvalue weighted by Crippen LogP contribution is 2.24. The summed E-state index contributed by atoms with van der Waals surface area (Å²) >= 11 is 0. The van der Waals surface area contributed by atoms with E-state index in [9.17, 15) is 27.2 Å². The van der Waals surface area contributed by atoms with Crippen molar-refractivity contribution in [1.29, 1.82) is 0 Å². The number of rotatable bonds is 8. The predicted octanol–water partition coefficient (Wildman–Crippen LogP) is 3.72. The molecular weight excluding hydrogens is 418 g/mol. The number of anilines is 1. The molecule has 0 saturated carbocycles. The van der Waals surface area contributed by atoms with E-state index in [4.69, 9.17) is 4.74 Å². The fraction of sp³-hybridized carbons (Fsp3) is 0.333. The summed E-state index contributed by atoms with van der Waals surface area (Å²) in [5.41, 5.74) is 0.719. The highest BCUT2D eigenvalue weighted by Gasteiger charge is 2.28. The maximum absolute atomic E-state index is 14.2. The molecule has 0 aliphatic rings. The summed E-state index contributed by atoms with van der Waals surface area (Å²) in [7, 11) is 1.52. The Morgan fingerprint density at radius 1 is 1.16 bits per heavy atom. The van der Waals surface area contributed by atoms with Crippen molar-refractivity contribution in [2.45, 2.75) is 26.1 Å². The number of methoxy groups -OCH3 is 1. The number of carbonyl (C=O) groups excluding carboxylic acids is 2. The molecule has 10 heteroatoms. The summed E-state index contributed by atoms with van der Waals surface area (Å²) in [5.74, 6) is -1.66. The van der Waals surface area contributed by atoms with Gasteiger partial charge in [0.2, 0.25) is 5.91 Å². The van der Waals surface area contributed by atoms with Crippen LogP contribution in [0.25, 0.3) is 0 Å². The van der Waals surface area contributed by atoms with Crippen molar-refractivity contribution in [3.63, 3.8) is 0 Å². The normalized spacial score (nSPS) is 12.1. The zero-order valence-electron chi connectivity index (χ0n) is 17.2. The molecule has 1 unspecified atom stereocenters. The lowest BCUT2D eigenvalue weighted by atomic mass is 10.1. The van der Waals surface area contributed by atoms with Gasteiger partial charge in [-0.15, -0.1) is 0 Å². The second-order valence-electron chi connectivity index (χ2n) is 6.81. The van der Waals surface area contributed by atoms with Crippen molar-refractivity contribution in [1.82, 2.24) is 10.6 Å². The van der Waals surface area contributed by atoms with Crippen LogP contribution in [0, 0.1) is 12.7 Å². The van der Waals surface area contributed by atoms with E-state index < -0.39 is 30.4 Å². The highest BCUT2D eigenvalue weighted by atomic mass is 19.4. The number of para-hydroxylation sites is 1. The fourth-order valence-electron chi connectivity index (χ4n) is 2.85. The largest absolute Gasteiger partial charge is 0.496 e. The monoisotopic (exact) mass is 441 g/mol. The van der Waals surface area contributed by atoms with E-state index in [-0.39, 0.29) is 29.4 Å². The van der Waals surface area contributed by atoms with Crippen LogP contribution in [0.15, 0.2) is 36.4 Å². The zero-order valence-corrected chi connectivity index (χ0v) is 17.2. The first-order chi connectivity index (χ1) is 14.5. The van der Waals surface area contributed by atoms with Crippen LogP contribution >= 0.6 is 0 Å². The first-order valence-electron chi connectivity index (χ1n) is 9.33. The van der Waals surface area contributed by atoms with Crippen LogP contribution in [0.5, 0.6) is 5.75 Å². The van der Waals surface area contributed by atoms with Crippen molar-refractivity contribution in [3.8, 4) is 5.75 Å². The Morgan fingerprint density at radius 2 is 1.84 bits per heavy atom. The van der Waals surface area contributed by atoms with Crippen molar-refractivity contribution in [2.75, 3.05) is 25.5 Å². The van der Waals surface area contributed by atoms with Gasteiger partial charge in [-0.1, -0.05) is 18.2 Å². The third-order valence-corrected chi connectivity index (χ3v) is 4.48. The van der Waals surface area contributed by atoms with E-state index in [1.54, 1.807) is 36.5 Å². The smallest absolute Gasteiger partial charge is 0.405 e. The molecule has 2 rings (SSSR count). The number of ether oxygens (including phenoxy) is 1. The molecule has 0 fully saturated rings. The van der Waals surface area contributed by atoms with Crippen LogP contribution in [-0.2, 0) is 4.79 Å². The summed E-state index contributed by atoms with van der Waals surface area (Å²) in [6, 6.07) is 8.84. The van der Waals surface area contributed by atoms with Gasteiger partial charge in [-0.3, -0.25) is 9.59 Å². The topological polar surface area (TPSA) is 79.5 Å². The van der Waals surface area contributed by atoms with Crippen molar-refractivity contribution < 1.29 is 31.9 Å². The minimum absolute atomic E-state index is 0.122. The van der Waals surface area contributed by atoms with Crippen LogP contribution in [0.3, 0.4) is 0 Å². The van der Waals surface area contributed by atoms with Gasteiger partial charge in [0.15, 0.2) is 0 Å². The molecule has 0 radical (unpaired) electrons. The van der Waals surface area contributed by atoms with Crippen molar-refractivity contribution in [2.24, 2.45) is 0 Å². The number of nitrogens with one attached hydrogen (secondary N) is 3. The molecule has 168 valence electrons. The van der Waals surface area contributed by atoms with E-state index in [0.29, 0.717) is 5.75 Å². The zero-order chi connectivity index (χ0) is 23.2. The van der Waals surface area contributed by atoms with Crippen LogP contribution in [0.2, 0.25) is 0 Å². The Bertz CT molecular complexity index is 948. The number of halogens is 4. The number of hydrogen-bond donors (Lipinski definition) is 3. The maximum atomic E-state index is 14.2. The Morgan fingerprint density at radius 3 is 2.48 bits per heavy atom. The van der Waals surface area contributed by atoms with Gasteiger partial charge in [0.05, 0.1) is 19.7 Å². The molecule has 31 heavy (non-hydrogen) atoms. The van der Waals surface area contributed by atoms with Gasteiger partial charge in [0.25, 0.3) is 5.91 Å². The molecule has 0 aromatic heterocycles. The van der Waals surface area contributed by atoms with Gasteiger partial charge in [-0.2, -0.15) is 13.2 Å². The molecule has 2 aromatic rings. The van der Waals surface area contributed by atoms with Crippen molar-refractivity contribution in [3.05, 3.63) is 58.9 Å². The molecule has 0 aliphatic heterocycles. The van der Waals surface area contributed by atoms with E-state index in [1.165, 1.54) is 20.1 Å². The van der Waals surface area contributed by atoms with Gasteiger partial charge in [-0.25, -0.2) is 4.39 Å². The molecule has 1 atom stereocenters. The average Bonchev–Trinajstić information content (AvgIpc) is 2.72. The van der Waals surface area contributed by atoms with E-state index in [0.717, 1.165) is 11.6 Å². The quantitative estimate of drug-likeness (QED) is 0.546. The molecule has 0 saturated heterocycles. The second kappa shape index (κ2) is 10.1. The molecule has 0 bridgehead atoms. The van der Waals surface area contributed by atoms with Gasteiger partial charge in [0, 0.05) is 22.4 Å². The first kappa shape index (κ1) is 24.0. The van der Waals surface area contributed by atoms with Crippen LogP contribution in [0.4, 0.5) is 23.2 Å². The van der Waals surface area contributed by atoms with E-state index in [1.807, 2.05) is 0 Å². The number of hydrogen-bond acceptors (Lipinski definition) is 4. The molecule has 0 spiro atoms. The standard InChI is InChI=1S/C21H23F4N3O3/c1-12-16(22)8-14(20(30)27-11-21(23,24)25)9-17(12)26-10-19(29)28-13(2)15-6-4-5-7-18(15)31-3/h4-9,13,26H,10-11H2,1-3H3,(H,27,30)(H,28,29). The molecular formula is C21H23F4N3O3. The summed E-state index contributed by atoms with van der Waals surface area (Å²) < 4.78 is 56.3. The molecule has 2 amide bonds. The lowest BCUT2D eigenvalue weighted by molar-refractivity contribution is -0.123. The fourth-order valence-corrected chi connectivity index (χ4v) is 2.85. The number of carbonyl (C=O) groups is 2. The number of alkyl halides is 3. The maximum Gasteiger partial charge on any atom is 0.405 e. The van der Waals surface area contributed by atoms with Gasteiger partial charge < -0.3 is 20.7 Å². The third-order valence-electron chi connectivity index (χ3n) is 4.48. The van der Waals surface area contributed by atoms with Crippen LogP contribution in [0.1, 0.15) is 34.5 Å². The van der Waals surface area contributed by atoms with Gasteiger partial charge in [0.1, 0.15) is 18.1 Å². The Labute approximate surface area is 177 Å². The van der Waals surface area contributed by atoms with E-state index in [2.05, 4.69) is 10.6 Å². The Kier molecular flexibility index (Phi) is 7.84. The van der Waals surface area contributed by atoms with Gasteiger partial charge in [-0.05, 0) is 32.0 Å². The van der Waals surface area contributed by atoms with Crippen LogP contribution < -0.4 is 20.7 Å². The molecule has 0 heterocycles. The Hall–Kier alpha value is -3.30. The molecule has 0 aliphatic carbocycles. The minimum atomic E-state index is -4.59. The lowest BCUT2D eigenvalue weighted by Crippen LogP contribution is -2.34. The first-order valence-corrected chi connectivity index (χ1v) is 9.33. The van der Waals surface area contributed by atoms with Crippen LogP contribution in [-0.4, -0.2) is 38.2 Å². The Balaban J connectivity index is 2.04. The third kappa shape index (κ3) is 6.87. The number of amides is 2. The second-order valence-corrected chi connectivity index (χ2v) is 6.81. The average molecular weight is 441 g/mol. The summed E-state index contributed by atoms with van der Waals surface area (Å²) in [6.07, 6.45) is -4.59. The lowest BCUT2D eigenvalue weighted by Gasteiger charge is -2.18. The molecule has 6 nitrogen and oxygen atoms in total. The molecule has 2 aromatic carbocycles. The minimum Gasteiger partial charge on any atom is -0.496 e. The highest BCUT2D eigenvalue weighted by molar-refractivity contribution is 5.95. The number of benzene rings is 2. The van der Waals surface area contributed by atoms with E-state index >= 15 is 0 Å². The van der Waals surface area contributed by atoms with Crippen molar-refractivity contribution >= 4 is 17.5 Å². The summed E-state index contributed by atoms with van der Waals surface area (Å²) in [4.78, 5) is 24.2. The molecule has 3 N–H and O–H groups in total. The summed E-state index contributed by atoms with van der Waals surface area (Å²) in [6.45, 7) is 1.41.